The lowest BCUT2D eigenvalue weighted by Gasteiger charge is -2.32. The second kappa shape index (κ2) is 6.83. The van der Waals surface area contributed by atoms with Gasteiger partial charge in [-0.3, -0.25) is 4.79 Å². The van der Waals surface area contributed by atoms with Crippen molar-refractivity contribution >= 4 is 5.97 Å². The van der Waals surface area contributed by atoms with E-state index < -0.39 is 24.2 Å². The van der Waals surface area contributed by atoms with E-state index in [0.717, 1.165) is 0 Å². The summed E-state index contributed by atoms with van der Waals surface area (Å²) in [6.45, 7) is 12.8. The molecule has 1 saturated heterocycles. The molecule has 0 bridgehead atoms. The number of carbonyl (C=O) groups is 1. The van der Waals surface area contributed by atoms with Crippen molar-refractivity contribution < 1.29 is 19.0 Å². The second-order valence-corrected chi connectivity index (χ2v) is 6.24. The first-order valence-corrected chi connectivity index (χ1v) is 6.82. The molecule has 0 aromatic carbocycles. The summed E-state index contributed by atoms with van der Waals surface area (Å²) >= 11 is 0. The molecule has 7 nitrogen and oxygen atoms in total. The molecule has 0 amide bonds. The number of ether oxygens (including phenoxy) is 3. The van der Waals surface area contributed by atoms with Crippen molar-refractivity contribution in [2.45, 2.75) is 59.0 Å². The lowest BCUT2D eigenvalue weighted by Crippen LogP contribution is -2.40. The summed E-state index contributed by atoms with van der Waals surface area (Å²) in [6.07, 6.45) is -1.29. The van der Waals surface area contributed by atoms with Crippen molar-refractivity contribution in [1.29, 1.82) is 0 Å². The first-order chi connectivity index (χ1) is 9.66. The van der Waals surface area contributed by atoms with E-state index in [2.05, 4.69) is 16.6 Å². The Morgan fingerprint density at radius 2 is 2.05 bits per heavy atom. The molecule has 4 atom stereocenters. The Morgan fingerprint density at radius 1 is 1.43 bits per heavy atom. The predicted octanol–water partition coefficient (Wildman–Crippen LogP) is 2.96. The highest BCUT2D eigenvalue weighted by Crippen LogP contribution is 2.38. The largest absolute Gasteiger partial charge is 0.492 e. The van der Waals surface area contributed by atoms with Crippen LogP contribution in [0, 0.1) is 5.41 Å². The number of nitrogens with zero attached hydrogens (tertiary/aromatic N) is 3. The topological polar surface area (TPSA) is 93.5 Å². The highest BCUT2D eigenvalue weighted by atomic mass is 16.6. The Labute approximate surface area is 124 Å². The number of hydrogen-bond acceptors (Lipinski definition) is 5. The lowest BCUT2D eigenvalue weighted by molar-refractivity contribution is -0.146. The van der Waals surface area contributed by atoms with Crippen LogP contribution in [0.3, 0.4) is 0 Å². The van der Waals surface area contributed by atoms with Crippen molar-refractivity contribution in [2.75, 3.05) is 6.61 Å². The van der Waals surface area contributed by atoms with Gasteiger partial charge < -0.3 is 14.2 Å². The Hall–Kier alpha value is -1.72. The molecule has 1 aliphatic heterocycles. The fourth-order valence-electron chi connectivity index (χ4n) is 2.33. The van der Waals surface area contributed by atoms with E-state index in [0.29, 0.717) is 5.76 Å². The molecule has 1 rings (SSSR count). The maximum absolute atomic E-state index is 11.0. The Kier molecular flexibility index (Phi) is 5.63. The first-order valence-electron chi connectivity index (χ1n) is 6.82. The van der Waals surface area contributed by atoms with Gasteiger partial charge in [0, 0.05) is 11.8 Å². The van der Waals surface area contributed by atoms with Crippen LogP contribution in [0.15, 0.2) is 17.5 Å². The van der Waals surface area contributed by atoms with Gasteiger partial charge in [-0.15, -0.1) is 0 Å². The van der Waals surface area contributed by atoms with Crippen LogP contribution in [0.5, 0.6) is 0 Å². The van der Waals surface area contributed by atoms with Crippen LogP contribution in [0.25, 0.3) is 10.4 Å². The molecule has 0 radical (unpaired) electrons. The summed E-state index contributed by atoms with van der Waals surface area (Å²) in [5.41, 5.74) is 8.55. The minimum Gasteiger partial charge on any atom is -0.492 e. The highest BCUT2D eigenvalue weighted by Gasteiger charge is 2.50. The zero-order chi connectivity index (χ0) is 16.2. The molecule has 1 aliphatic rings. The molecule has 0 spiro atoms. The Morgan fingerprint density at radius 3 is 2.48 bits per heavy atom. The minimum atomic E-state index is -0.574. The third kappa shape index (κ3) is 4.65. The van der Waals surface area contributed by atoms with E-state index in [1.54, 1.807) is 6.92 Å². The molecule has 118 valence electrons. The molecule has 1 heterocycles. The zero-order valence-corrected chi connectivity index (χ0v) is 13.2. The van der Waals surface area contributed by atoms with E-state index in [1.807, 2.05) is 20.8 Å². The Bertz CT molecular complexity index is 452. The smallest absolute Gasteiger partial charge is 0.302 e. The van der Waals surface area contributed by atoms with Gasteiger partial charge in [-0.1, -0.05) is 32.5 Å². The lowest BCUT2D eigenvalue weighted by atomic mass is 9.84. The summed E-state index contributed by atoms with van der Waals surface area (Å²) in [5.74, 6) is 0.110. The van der Waals surface area contributed by atoms with E-state index in [1.165, 1.54) is 6.92 Å². The van der Waals surface area contributed by atoms with Crippen molar-refractivity contribution in [3.8, 4) is 0 Å². The normalized spacial score (nSPS) is 28.6. The molecule has 21 heavy (non-hydrogen) atoms. The van der Waals surface area contributed by atoms with E-state index in [9.17, 15) is 4.79 Å². The van der Waals surface area contributed by atoms with Crippen LogP contribution in [0.1, 0.15) is 34.6 Å². The molecule has 0 saturated carbocycles. The van der Waals surface area contributed by atoms with Gasteiger partial charge in [-0.2, -0.15) is 0 Å². The molecule has 0 unspecified atom stereocenters. The second-order valence-electron chi connectivity index (χ2n) is 6.24. The van der Waals surface area contributed by atoms with Gasteiger partial charge in [0.2, 0.25) is 0 Å². The third-order valence-electron chi connectivity index (χ3n) is 3.16. The average Bonchev–Trinajstić information content (AvgIpc) is 2.65. The number of carbonyl (C=O) groups excluding carboxylic acids is 1. The van der Waals surface area contributed by atoms with E-state index >= 15 is 0 Å². The summed E-state index contributed by atoms with van der Waals surface area (Å²) in [5, 5.41) is 3.78. The fourth-order valence-corrected chi connectivity index (χ4v) is 2.33. The molecule has 0 aliphatic carbocycles. The van der Waals surface area contributed by atoms with Crippen LogP contribution in [-0.4, -0.2) is 36.9 Å². The van der Waals surface area contributed by atoms with Crippen LogP contribution in [0.4, 0.5) is 0 Å². The Balaban J connectivity index is 3.03. The number of allylic oxidation sites excluding steroid dienone is 1. The molecule has 7 heteroatoms. The SMILES string of the molecule is C=C(C)O[C@@H]1[C@H](N=[N+]=[N-])[C@@H](COC(C)=O)O[C@H]1C(C)(C)C. The highest BCUT2D eigenvalue weighted by molar-refractivity contribution is 5.65. The first kappa shape index (κ1) is 17.3. The van der Waals surface area contributed by atoms with Gasteiger partial charge in [0.15, 0.2) is 0 Å². The summed E-state index contributed by atoms with van der Waals surface area (Å²) in [4.78, 5) is 13.8. The summed E-state index contributed by atoms with van der Waals surface area (Å²) in [7, 11) is 0. The predicted molar refractivity (Wildman–Crippen MR) is 77.4 cm³/mol. The molecule has 1 fully saturated rings. The standard InChI is InChI=1S/C14H23N3O4/c1-8(2)20-12-11(16-17-15)10(7-19-9(3)18)21-13(12)14(4,5)6/h10-13H,1,7H2,2-6H3/t10-,11-,12-,13-/m1/s1. The van der Waals surface area contributed by atoms with Gasteiger partial charge in [0.05, 0.1) is 5.76 Å². The van der Waals surface area contributed by atoms with Gasteiger partial charge in [-0.25, -0.2) is 0 Å². The molecular weight excluding hydrogens is 274 g/mol. The van der Waals surface area contributed by atoms with Crippen molar-refractivity contribution in [3.63, 3.8) is 0 Å². The van der Waals surface area contributed by atoms with Crippen LogP contribution >= 0.6 is 0 Å². The van der Waals surface area contributed by atoms with Crippen molar-refractivity contribution in [2.24, 2.45) is 10.5 Å². The monoisotopic (exact) mass is 297 g/mol. The number of hydrogen-bond donors (Lipinski definition) is 0. The summed E-state index contributed by atoms with van der Waals surface area (Å²) in [6, 6.07) is -0.574. The molecule has 0 aromatic rings. The van der Waals surface area contributed by atoms with E-state index in [4.69, 9.17) is 19.7 Å². The maximum atomic E-state index is 11.0. The molecule has 0 N–H and O–H groups in total. The van der Waals surface area contributed by atoms with E-state index in [-0.39, 0.29) is 18.1 Å². The van der Waals surface area contributed by atoms with Crippen molar-refractivity contribution in [3.05, 3.63) is 22.8 Å². The van der Waals surface area contributed by atoms with Gasteiger partial charge in [0.1, 0.15) is 31.0 Å². The van der Waals surface area contributed by atoms with Crippen LogP contribution < -0.4 is 0 Å². The number of azide groups is 1. The quantitative estimate of drug-likeness (QED) is 0.256. The minimum absolute atomic E-state index is 0.0294. The third-order valence-corrected chi connectivity index (χ3v) is 3.16. The maximum Gasteiger partial charge on any atom is 0.302 e. The van der Waals surface area contributed by atoms with Gasteiger partial charge in [0.25, 0.3) is 0 Å². The fraction of sp³-hybridized carbons (Fsp3) is 0.786. The zero-order valence-electron chi connectivity index (χ0n) is 13.2. The van der Waals surface area contributed by atoms with Gasteiger partial charge in [-0.05, 0) is 17.9 Å². The molecular formula is C14H23N3O4. The average molecular weight is 297 g/mol. The van der Waals surface area contributed by atoms with Gasteiger partial charge >= 0.3 is 5.97 Å². The van der Waals surface area contributed by atoms with Crippen LogP contribution in [-0.2, 0) is 19.0 Å². The number of esters is 1. The summed E-state index contributed by atoms with van der Waals surface area (Å²) < 4.78 is 16.7. The van der Waals surface area contributed by atoms with Crippen LogP contribution in [0.2, 0.25) is 0 Å². The van der Waals surface area contributed by atoms with Crippen molar-refractivity contribution in [1.82, 2.24) is 0 Å². The number of rotatable bonds is 5. The molecule has 0 aromatic heterocycles.